The number of aromatic nitrogens is 2. The molecule has 0 saturated heterocycles. The Kier molecular flexibility index (Phi) is 3.77. The Bertz CT molecular complexity index is 537. The smallest absolute Gasteiger partial charge is 0.149 e. The molecule has 0 fully saturated rings. The first-order valence-corrected chi connectivity index (χ1v) is 6.16. The molecule has 2 rings (SSSR count). The van der Waals surface area contributed by atoms with Crippen molar-refractivity contribution in [3.05, 3.63) is 41.3 Å². The van der Waals surface area contributed by atoms with Gasteiger partial charge in [-0.3, -0.25) is 0 Å². The fraction of sp³-hybridized carbons (Fsp3) is 0.308. The van der Waals surface area contributed by atoms with Crippen molar-refractivity contribution in [3.8, 4) is 5.75 Å². The number of nitrogen functional groups attached to an aromatic ring is 1. The van der Waals surface area contributed by atoms with Crippen molar-refractivity contribution in [3.63, 3.8) is 0 Å². The number of halogens is 1. The third kappa shape index (κ3) is 2.76. The van der Waals surface area contributed by atoms with E-state index in [0.29, 0.717) is 29.2 Å². The van der Waals surface area contributed by atoms with Gasteiger partial charge in [0.05, 0.1) is 5.02 Å². The van der Waals surface area contributed by atoms with Crippen molar-refractivity contribution >= 4 is 17.4 Å². The van der Waals surface area contributed by atoms with Crippen LogP contribution in [0.3, 0.4) is 0 Å². The van der Waals surface area contributed by atoms with Crippen LogP contribution in [-0.4, -0.2) is 9.55 Å². The molecule has 5 heteroatoms. The van der Waals surface area contributed by atoms with Crippen molar-refractivity contribution in [1.29, 1.82) is 0 Å². The highest BCUT2D eigenvalue weighted by Crippen LogP contribution is 2.24. The number of rotatable bonds is 4. The molecule has 0 radical (unpaired) electrons. The number of imidazole rings is 1. The summed E-state index contributed by atoms with van der Waals surface area (Å²) in [7, 11) is 0. The Labute approximate surface area is 111 Å². The van der Waals surface area contributed by atoms with Crippen LogP contribution in [0.2, 0.25) is 5.02 Å². The summed E-state index contributed by atoms with van der Waals surface area (Å²) in [6, 6.07) is 7.65. The first-order valence-electron chi connectivity index (χ1n) is 5.78. The quantitative estimate of drug-likeness (QED) is 0.923. The predicted octanol–water partition coefficient (Wildman–Crippen LogP) is 3.28. The summed E-state index contributed by atoms with van der Waals surface area (Å²) in [6.45, 7) is 4.49. The maximum Gasteiger partial charge on any atom is 0.149 e. The molecule has 0 atom stereocenters. The van der Waals surface area contributed by atoms with E-state index in [-0.39, 0.29) is 0 Å². The standard InChI is InChI=1S/C13H16ClN3O/c1-9(2)17-7-12(15)16-13(17)8-18-11-6-4-3-5-10(11)14/h3-7,9H,8,15H2,1-2H3. The van der Waals surface area contributed by atoms with Gasteiger partial charge in [-0.1, -0.05) is 23.7 Å². The van der Waals surface area contributed by atoms with E-state index in [1.807, 2.05) is 29.0 Å². The molecule has 0 bridgehead atoms. The van der Waals surface area contributed by atoms with E-state index in [1.54, 1.807) is 6.07 Å². The van der Waals surface area contributed by atoms with E-state index in [0.717, 1.165) is 5.82 Å². The zero-order chi connectivity index (χ0) is 13.1. The van der Waals surface area contributed by atoms with Crippen molar-refractivity contribution in [2.24, 2.45) is 0 Å². The number of hydrogen-bond acceptors (Lipinski definition) is 3. The lowest BCUT2D eigenvalue weighted by Crippen LogP contribution is -2.08. The van der Waals surface area contributed by atoms with E-state index >= 15 is 0 Å². The van der Waals surface area contributed by atoms with Gasteiger partial charge < -0.3 is 15.0 Å². The maximum atomic E-state index is 6.02. The topological polar surface area (TPSA) is 53.1 Å². The van der Waals surface area contributed by atoms with E-state index in [2.05, 4.69) is 18.8 Å². The van der Waals surface area contributed by atoms with Gasteiger partial charge in [0.15, 0.2) is 0 Å². The van der Waals surface area contributed by atoms with Crippen molar-refractivity contribution in [2.45, 2.75) is 26.5 Å². The van der Waals surface area contributed by atoms with E-state index in [9.17, 15) is 0 Å². The van der Waals surface area contributed by atoms with Gasteiger partial charge in [0.2, 0.25) is 0 Å². The summed E-state index contributed by atoms with van der Waals surface area (Å²) in [5, 5.41) is 0.591. The Morgan fingerprint density at radius 3 is 2.78 bits per heavy atom. The fourth-order valence-corrected chi connectivity index (χ4v) is 1.90. The maximum absolute atomic E-state index is 6.02. The molecule has 2 aromatic rings. The highest BCUT2D eigenvalue weighted by molar-refractivity contribution is 6.32. The number of nitrogens with two attached hydrogens (primary N) is 1. The molecule has 18 heavy (non-hydrogen) atoms. The molecule has 4 nitrogen and oxygen atoms in total. The molecule has 1 aromatic heterocycles. The van der Waals surface area contributed by atoms with Crippen molar-refractivity contribution < 1.29 is 4.74 Å². The predicted molar refractivity (Wildman–Crippen MR) is 72.8 cm³/mol. The summed E-state index contributed by atoms with van der Waals surface area (Å²) in [5.41, 5.74) is 5.70. The Morgan fingerprint density at radius 1 is 1.39 bits per heavy atom. The van der Waals surface area contributed by atoms with Gasteiger partial charge in [0, 0.05) is 12.2 Å². The van der Waals surface area contributed by atoms with Crippen LogP contribution < -0.4 is 10.5 Å². The summed E-state index contributed by atoms with van der Waals surface area (Å²) in [6.07, 6.45) is 1.82. The monoisotopic (exact) mass is 265 g/mol. The second-order valence-corrected chi connectivity index (χ2v) is 4.71. The Balaban J connectivity index is 2.13. The van der Waals surface area contributed by atoms with Crippen LogP contribution in [0.4, 0.5) is 5.82 Å². The SMILES string of the molecule is CC(C)n1cc(N)nc1COc1ccccc1Cl. The van der Waals surface area contributed by atoms with E-state index in [4.69, 9.17) is 22.1 Å². The average Bonchev–Trinajstić information content (AvgIpc) is 2.70. The van der Waals surface area contributed by atoms with Crippen LogP contribution in [0.25, 0.3) is 0 Å². The molecule has 2 N–H and O–H groups in total. The molecular weight excluding hydrogens is 250 g/mol. The molecule has 1 heterocycles. The lowest BCUT2D eigenvalue weighted by atomic mass is 10.3. The fourth-order valence-electron chi connectivity index (χ4n) is 1.71. The van der Waals surface area contributed by atoms with Crippen molar-refractivity contribution in [1.82, 2.24) is 9.55 Å². The number of para-hydroxylation sites is 1. The van der Waals surface area contributed by atoms with Crippen LogP contribution in [0.5, 0.6) is 5.75 Å². The molecule has 96 valence electrons. The minimum absolute atomic E-state index is 0.291. The average molecular weight is 266 g/mol. The van der Waals surface area contributed by atoms with Gasteiger partial charge in [0.25, 0.3) is 0 Å². The van der Waals surface area contributed by atoms with Gasteiger partial charge >= 0.3 is 0 Å². The van der Waals surface area contributed by atoms with Gasteiger partial charge in [0.1, 0.15) is 24.0 Å². The second-order valence-electron chi connectivity index (χ2n) is 4.30. The lowest BCUT2D eigenvalue weighted by Gasteiger charge is -2.12. The Hall–Kier alpha value is -1.68. The molecule has 0 aliphatic rings. The highest BCUT2D eigenvalue weighted by Gasteiger charge is 2.10. The molecular formula is C13H16ClN3O. The van der Waals surface area contributed by atoms with Crippen LogP contribution in [0.15, 0.2) is 30.5 Å². The minimum Gasteiger partial charge on any atom is -0.484 e. The van der Waals surface area contributed by atoms with Gasteiger partial charge in [-0.2, -0.15) is 0 Å². The molecule has 0 spiro atoms. The largest absolute Gasteiger partial charge is 0.484 e. The first-order chi connectivity index (χ1) is 8.58. The number of anilines is 1. The van der Waals surface area contributed by atoms with Gasteiger partial charge in [-0.15, -0.1) is 0 Å². The number of benzene rings is 1. The minimum atomic E-state index is 0.291. The molecule has 0 aliphatic heterocycles. The van der Waals surface area contributed by atoms with E-state index < -0.39 is 0 Å². The second kappa shape index (κ2) is 5.31. The molecule has 0 aliphatic carbocycles. The van der Waals surface area contributed by atoms with Crippen LogP contribution >= 0.6 is 11.6 Å². The summed E-state index contributed by atoms with van der Waals surface area (Å²) >= 11 is 6.02. The third-order valence-electron chi connectivity index (χ3n) is 2.58. The van der Waals surface area contributed by atoms with Gasteiger partial charge in [-0.25, -0.2) is 4.98 Å². The number of nitrogens with zero attached hydrogens (tertiary/aromatic N) is 2. The summed E-state index contributed by atoms with van der Waals surface area (Å²) in [4.78, 5) is 4.25. The van der Waals surface area contributed by atoms with E-state index in [1.165, 1.54) is 0 Å². The molecule has 0 unspecified atom stereocenters. The van der Waals surface area contributed by atoms with Crippen LogP contribution in [0.1, 0.15) is 25.7 Å². The number of ether oxygens (including phenoxy) is 1. The summed E-state index contributed by atoms with van der Waals surface area (Å²) in [5.74, 6) is 1.94. The zero-order valence-corrected chi connectivity index (χ0v) is 11.2. The highest BCUT2D eigenvalue weighted by atomic mass is 35.5. The van der Waals surface area contributed by atoms with Crippen LogP contribution in [-0.2, 0) is 6.61 Å². The molecule has 0 saturated carbocycles. The molecule has 0 amide bonds. The van der Waals surface area contributed by atoms with Crippen molar-refractivity contribution in [2.75, 3.05) is 5.73 Å². The molecule has 1 aromatic carbocycles. The van der Waals surface area contributed by atoms with Crippen LogP contribution in [0, 0.1) is 0 Å². The van der Waals surface area contributed by atoms with Gasteiger partial charge in [-0.05, 0) is 26.0 Å². The third-order valence-corrected chi connectivity index (χ3v) is 2.89. The first kappa shape index (κ1) is 12.8. The zero-order valence-electron chi connectivity index (χ0n) is 10.4. The Morgan fingerprint density at radius 2 is 2.11 bits per heavy atom. The number of hydrogen-bond donors (Lipinski definition) is 1. The normalized spacial score (nSPS) is 10.9. The lowest BCUT2D eigenvalue weighted by molar-refractivity contribution is 0.286. The summed E-state index contributed by atoms with van der Waals surface area (Å²) < 4.78 is 7.65.